The van der Waals surface area contributed by atoms with E-state index < -0.39 is 0 Å². The fourth-order valence-electron chi connectivity index (χ4n) is 2.80. The quantitative estimate of drug-likeness (QED) is 0.808. The van der Waals surface area contributed by atoms with Crippen molar-refractivity contribution in [2.24, 2.45) is 5.10 Å². The molecule has 1 unspecified atom stereocenters. The molecular formula is C18H16N4O. The first-order chi connectivity index (χ1) is 11.3. The van der Waals surface area contributed by atoms with Gasteiger partial charge in [0.1, 0.15) is 5.75 Å². The number of hydrogen-bond donors (Lipinski definition) is 1. The van der Waals surface area contributed by atoms with Gasteiger partial charge in [-0.1, -0.05) is 6.07 Å². The lowest BCUT2D eigenvalue weighted by molar-refractivity contribution is 0.415. The molecule has 0 spiro atoms. The van der Waals surface area contributed by atoms with Crippen molar-refractivity contribution in [3.8, 4) is 5.75 Å². The SMILES string of the molecule is COc1ccc(C2=NNC(c3ccc4nccnc4c3)C2)cc1. The standard InChI is InChI=1S/C18H16N4O/c1-23-14-5-2-12(3-6-14)16-11-17(22-21-16)13-4-7-15-18(10-13)20-9-8-19-15/h2-10,17,22H,11H2,1H3. The summed E-state index contributed by atoms with van der Waals surface area (Å²) in [6.45, 7) is 0. The molecular weight excluding hydrogens is 288 g/mol. The van der Waals surface area contributed by atoms with Crippen molar-refractivity contribution in [1.82, 2.24) is 15.4 Å². The highest BCUT2D eigenvalue weighted by Crippen LogP contribution is 2.26. The molecule has 1 atom stereocenters. The van der Waals surface area contributed by atoms with Crippen LogP contribution in [0.1, 0.15) is 23.6 Å². The van der Waals surface area contributed by atoms with Gasteiger partial charge < -0.3 is 10.2 Å². The van der Waals surface area contributed by atoms with Gasteiger partial charge in [0.2, 0.25) is 0 Å². The maximum absolute atomic E-state index is 5.19. The molecule has 2 heterocycles. The van der Waals surface area contributed by atoms with E-state index in [-0.39, 0.29) is 6.04 Å². The number of fused-ring (bicyclic) bond motifs is 1. The molecule has 0 saturated heterocycles. The highest BCUT2D eigenvalue weighted by atomic mass is 16.5. The number of ether oxygens (including phenoxy) is 1. The third-order valence-electron chi connectivity index (χ3n) is 4.07. The molecule has 0 fully saturated rings. The van der Waals surface area contributed by atoms with Crippen LogP contribution in [0.4, 0.5) is 0 Å². The monoisotopic (exact) mass is 304 g/mol. The molecule has 23 heavy (non-hydrogen) atoms. The van der Waals surface area contributed by atoms with Gasteiger partial charge in [0.15, 0.2) is 0 Å². The molecule has 114 valence electrons. The summed E-state index contributed by atoms with van der Waals surface area (Å²) >= 11 is 0. The van der Waals surface area contributed by atoms with Gasteiger partial charge in [-0.2, -0.15) is 5.10 Å². The van der Waals surface area contributed by atoms with E-state index in [1.165, 1.54) is 5.56 Å². The number of nitrogens with one attached hydrogen (secondary N) is 1. The zero-order valence-electron chi connectivity index (χ0n) is 12.7. The van der Waals surface area contributed by atoms with E-state index in [4.69, 9.17) is 4.74 Å². The number of hydrazone groups is 1. The second kappa shape index (κ2) is 5.68. The molecule has 0 aliphatic carbocycles. The number of hydrogen-bond acceptors (Lipinski definition) is 5. The molecule has 2 aromatic carbocycles. The molecule has 5 heteroatoms. The first-order valence-electron chi connectivity index (χ1n) is 7.51. The third kappa shape index (κ3) is 2.61. The van der Waals surface area contributed by atoms with E-state index in [0.717, 1.165) is 34.5 Å². The third-order valence-corrected chi connectivity index (χ3v) is 4.07. The van der Waals surface area contributed by atoms with Crippen molar-refractivity contribution in [1.29, 1.82) is 0 Å². The Hall–Kier alpha value is -2.95. The van der Waals surface area contributed by atoms with Gasteiger partial charge in [-0.3, -0.25) is 9.97 Å². The van der Waals surface area contributed by atoms with E-state index in [9.17, 15) is 0 Å². The highest BCUT2D eigenvalue weighted by molar-refractivity contribution is 6.02. The Morgan fingerprint density at radius 3 is 2.57 bits per heavy atom. The highest BCUT2D eigenvalue weighted by Gasteiger charge is 2.21. The van der Waals surface area contributed by atoms with E-state index in [0.29, 0.717) is 0 Å². The summed E-state index contributed by atoms with van der Waals surface area (Å²) in [5, 5.41) is 4.49. The lowest BCUT2D eigenvalue weighted by atomic mass is 9.99. The van der Waals surface area contributed by atoms with Crippen molar-refractivity contribution in [2.45, 2.75) is 12.5 Å². The maximum Gasteiger partial charge on any atom is 0.118 e. The Kier molecular flexibility index (Phi) is 3.38. The molecule has 1 aromatic heterocycles. The van der Waals surface area contributed by atoms with Gasteiger partial charge in [-0.05, 0) is 47.5 Å². The van der Waals surface area contributed by atoms with Crippen molar-refractivity contribution in [2.75, 3.05) is 7.11 Å². The molecule has 1 N–H and O–H groups in total. The normalized spacial score (nSPS) is 16.9. The summed E-state index contributed by atoms with van der Waals surface area (Å²) in [6.07, 6.45) is 4.27. The molecule has 1 aliphatic heterocycles. The molecule has 0 bridgehead atoms. The minimum atomic E-state index is 0.165. The van der Waals surface area contributed by atoms with Crippen LogP contribution in [0.5, 0.6) is 5.75 Å². The lowest BCUT2D eigenvalue weighted by Crippen LogP contribution is -2.10. The predicted octanol–water partition coefficient (Wildman–Crippen LogP) is 3.08. The van der Waals surface area contributed by atoms with E-state index in [1.807, 2.05) is 30.3 Å². The summed E-state index contributed by atoms with van der Waals surface area (Å²) in [4.78, 5) is 8.67. The molecule has 1 aliphatic rings. The Morgan fingerprint density at radius 1 is 1.00 bits per heavy atom. The molecule has 0 saturated carbocycles. The Morgan fingerprint density at radius 2 is 1.78 bits per heavy atom. The number of benzene rings is 2. The minimum Gasteiger partial charge on any atom is -0.497 e. The van der Waals surface area contributed by atoms with Crippen LogP contribution >= 0.6 is 0 Å². The lowest BCUT2D eigenvalue weighted by Gasteiger charge is -2.10. The first-order valence-corrected chi connectivity index (χ1v) is 7.51. The Labute approximate surface area is 134 Å². The number of nitrogens with zero attached hydrogens (tertiary/aromatic N) is 3. The van der Waals surface area contributed by atoms with Gasteiger partial charge in [-0.25, -0.2) is 0 Å². The van der Waals surface area contributed by atoms with E-state index in [1.54, 1.807) is 19.5 Å². The molecule has 5 nitrogen and oxygen atoms in total. The fourth-order valence-corrected chi connectivity index (χ4v) is 2.80. The van der Waals surface area contributed by atoms with Crippen LogP contribution < -0.4 is 10.2 Å². The van der Waals surface area contributed by atoms with Crippen LogP contribution in [0.15, 0.2) is 60.0 Å². The van der Waals surface area contributed by atoms with Gasteiger partial charge in [0, 0.05) is 18.8 Å². The smallest absolute Gasteiger partial charge is 0.118 e. The van der Waals surface area contributed by atoms with E-state index in [2.05, 4.69) is 32.6 Å². The molecule has 3 aromatic rings. The zero-order valence-corrected chi connectivity index (χ0v) is 12.7. The van der Waals surface area contributed by atoms with Gasteiger partial charge in [0.05, 0.1) is 29.9 Å². The summed E-state index contributed by atoms with van der Waals surface area (Å²) in [5.41, 5.74) is 8.37. The van der Waals surface area contributed by atoms with Crippen LogP contribution in [-0.4, -0.2) is 22.8 Å². The number of aromatic nitrogens is 2. The Bertz CT molecular complexity index is 874. The molecule has 0 radical (unpaired) electrons. The fraction of sp³-hybridized carbons (Fsp3) is 0.167. The average molecular weight is 304 g/mol. The van der Waals surface area contributed by atoms with Crippen LogP contribution in [0.25, 0.3) is 11.0 Å². The zero-order chi connectivity index (χ0) is 15.6. The van der Waals surface area contributed by atoms with Gasteiger partial charge >= 0.3 is 0 Å². The van der Waals surface area contributed by atoms with Crippen LogP contribution in [-0.2, 0) is 0 Å². The van der Waals surface area contributed by atoms with Crippen molar-refractivity contribution < 1.29 is 4.74 Å². The largest absolute Gasteiger partial charge is 0.497 e. The van der Waals surface area contributed by atoms with Crippen LogP contribution in [0.2, 0.25) is 0 Å². The second-order valence-electron chi connectivity index (χ2n) is 5.48. The summed E-state index contributed by atoms with van der Waals surface area (Å²) < 4.78 is 5.19. The predicted molar refractivity (Wildman–Crippen MR) is 89.6 cm³/mol. The number of rotatable bonds is 3. The van der Waals surface area contributed by atoms with Crippen molar-refractivity contribution in [3.05, 3.63) is 66.0 Å². The van der Waals surface area contributed by atoms with Gasteiger partial charge in [-0.15, -0.1) is 0 Å². The first kappa shape index (κ1) is 13.7. The summed E-state index contributed by atoms with van der Waals surface area (Å²) in [5.74, 6) is 0.852. The maximum atomic E-state index is 5.19. The van der Waals surface area contributed by atoms with Crippen molar-refractivity contribution in [3.63, 3.8) is 0 Å². The Balaban J connectivity index is 1.55. The average Bonchev–Trinajstić information content (AvgIpc) is 3.11. The van der Waals surface area contributed by atoms with E-state index >= 15 is 0 Å². The molecule has 4 rings (SSSR count). The van der Waals surface area contributed by atoms with Crippen LogP contribution in [0.3, 0.4) is 0 Å². The minimum absolute atomic E-state index is 0.165. The van der Waals surface area contributed by atoms with Crippen LogP contribution in [0, 0.1) is 0 Å². The summed E-state index contributed by atoms with van der Waals surface area (Å²) in [6, 6.07) is 14.3. The topological polar surface area (TPSA) is 59.4 Å². The van der Waals surface area contributed by atoms with Crippen molar-refractivity contribution >= 4 is 16.7 Å². The summed E-state index contributed by atoms with van der Waals surface area (Å²) in [7, 11) is 1.67. The molecule has 0 amide bonds. The van der Waals surface area contributed by atoms with Gasteiger partial charge in [0.25, 0.3) is 0 Å². The second-order valence-corrected chi connectivity index (χ2v) is 5.48. The number of methoxy groups -OCH3 is 1.